The van der Waals surface area contributed by atoms with Gasteiger partial charge < -0.3 is 0 Å². The van der Waals surface area contributed by atoms with Crippen LogP contribution in [0.5, 0.6) is 0 Å². The van der Waals surface area contributed by atoms with Gasteiger partial charge in [0.1, 0.15) is 75.6 Å². The predicted molar refractivity (Wildman–Crippen MR) is 389 cm³/mol. The summed E-state index contributed by atoms with van der Waals surface area (Å²) in [5, 5.41) is 1.53. The summed E-state index contributed by atoms with van der Waals surface area (Å²) in [6.45, 7) is 34.8. The van der Waals surface area contributed by atoms with Crippen LogP contribution >= 0.6 is 46.4 Å². The predicted octanol–water partition coefficient (Wildman–Crippen LogP) is 29.4. The van der Waals surface area contributed by atoms with Crippen molar-refractivity contribution in [1.82, 2.24) is 0 Å². The maximum absolute atomic E-state index is 12.6. The zero-order valence-electron chi connectivity index (χ0n) is 59.1. The maximum atomic E-state index is 12.6. The van der Waals surface area contributed by atoms with Crippen LogP contribution in [-0.2, 0) is 6.18 Å². The summed E-state index contributed by atoms with van der Waals surface area (Å²) in [6, 6.07) is 42.6. The second kappa shape index (κ2) is 47.0. The van der Waals surface area contributed by atoms with Gasteiger partial charge in [-0.25, -0.2) is 75.5 Å². The normalized spacial score (nSPS) is 9.82. The molecule has 0 atom stereocenters. The molecule has 11 aromatic rings. The van der Waals surface area contributed by atoms with E-state index in [2.05, 4.69) is 15.8 Å². The lowest BCUT2D eigenvalue weighted by molar-refractivity contribution is -0.138. The van der Waals surface area contributed by atoms with Gasteiger partial charge in [-0.05, 0) is 255 Å². The maximum Gasteiger partial charge on any atom is 0.416 e. The fraction of sp³-hybridized carbons (Fsp3) is 0.171. The lowest BCUT2D eigenvalue weighted by atomic mass is 10.1. The van der Waals surface area contributed by atoms with E-state index >= 15 is 0 Å². The van der Waals surface area contributed by atoms with E-state index in [9.17, 15) is 79.0 Å². The van der Waals surface area contributed by atoms with Crippen LogP contribution in [0.1, 0.15) is 77.9 Å². The van der Waals surface area contributed by atoms with Gasteiger partial charge in [-0.15, -0.1) is 0 Å². The van der Waals surface area contributed by atoms with Gasteiger partial charge in [-0.2, -0.15) is 13.2 Å². The molecule has 0 radical (unpaired) electrons. The number of aryl methyl sites for hydroxylation is 11. The first-order valence-electron chi connectivity index (χ1n) is 30.8. The Hall–Kier alpha value is -9.70. The van der Waals surface area contributed by atoms with Crippen LogP contribution in [0.4, 0.5) is 90.4 Å². The summed E-state index contributed by atoms with van der Waals surface area (Å²) in [5.74, 6) is -8.11. The summed E-state index contributed by atoms with van der Waals surface area (Å²) in [5.41, 5.74) is 7.34. The van der Waals surface area contributed by atoms with Crippen molar-refractivity contribution in [2.75, 3.05) is 0 Å². The Morgan fingerprint density at radius 3 is 0.972 bits per heavy atom. The largest absolute Gasteiger partial charge is 0.416 e. The lowest BCUT2D eigenvalue weighted by Gasteiger charge is -2.09. The summed E-state index contributed by atoms with van der Waals surface area (Å²) >= 11 is 22.2. The van der Waals surface area contributed by atoms with Crippen molar-refractivity contribution in [2.24, 2.45) is 0 Å². The van der Waals surface area contributed by atoms with Gasteiger partial charge in [0.15, 0.2) is 23.0 Å². The number of nitrogens with zero attached hydrogens (tertiary/aromatic N) is 2. The minimum atomic E-state index is -4.31. The average molecular weight is 1570 g/mol. The molecule has 0 spiro atoms. The Morgan fingerprint density at radius 1 is 0.245 bits per heavy atom. The number of hydrogen-bond donors (Lipinski definition) is 0. The molecule has 0 N–H and O–H groups in total. The first-order valence-corrected chi connectivity index (χ1v) is 32.3. The zero-order valence-corrected chi connectivity index (χ0v) is 62.1. The topological polar surface area (TPSA) is 8.72 Å². The molecule has 0 saturated carbocycles. The minimum Gasteiger partial charge on any atom is -0.238 e. The highest BCUT2D eigenvalue weighted by Gasteiger charge is 2.32. The molecule has 0 unspecified atom stereocenters. The molecule has 0 aliphatic carbocycles. The highest BCUT2D eigenvalue weighted by Crippen LogP contribution is 2.33. The van der Waals surface area contributed by atoms with Gasteiger partial charge in [0.05, 0.1) is 18.7 Å². The van der Waals surface area contributed by atoms with Crippen LogP contribution < -0.4 is 0 Å². The van der Waals surface area contributed by atoms with Crippen LogP contribution in [-0.4, -0.2) is 0 Å². The van der Waals surface area contributed by atoms with E-state index < -0.39 is 69.9 Å². The molecule has 0 aliphatic rings. The highest BCUT2D eigenvalue weighted by molar-refractivity contribution is 6.32. The molecule has 2 nitrogen and oxygen atoms in total. The monoisotopic (exact) mass is 1560 g/mol. The molecule has 0 fully saturated rings. The molecular weight excluding hydrogens is 1500 g/mol. The fourth-order valence-electron chi connectivity index (χ4n) is 7.16. The van der Waals surface area contributed by atoms with E-state index in [0.717, 1.165) is 87.9 Å². The van der Waals surface area contributed by atoms with Crippen molar-refractivity contribution in [3.8, 4) is 0 Å². The zero-order chi connectivity index (χ0) is 81.0. The first kappa shape index (κ1) is 94.3. The second-order valence-electron chi connectivity index (χ2n) is 22.6. The number of rotatable bonds is 0. The van der Waals surface area contributed by atoms with Crippen molar-refractivity contribution in [1.29, 1.82) is 0 Å². The van der Waals surface area contributed by atoms with E-state index in [1.165, 1.54) is 101 Å². The van der Waals surface area contributed by atoms with Gasteiger partial charge >= 0.3 is 6.18 Å². The van der Waals surface area contributed by atoms with Crippen molar-refractivity contribution >= 4 is 57.8 Å². The molecule has 0 bridgehead atoms. The van der Waals surface area contributed by atoms with Crippen LogP contribution in [0.3, 0.4) is 0 Å². The summed E-state index contributed by atoms with van der Waals surface area (Å²) < 4.78 is 222. The van der Waals surface area contributed by atoms with Crippen LogP contribution in [0, 0.1) is 190 Å². The van der Waals surface area contributed by atoms with E-state index in [4.69, 9.17) is 59.5 Å². The van der Waals surface area contributed by atoms with Gasteiger partial charge in [0.25, 0.3) is 0 Å². The van der Waals surface area contributed by atoms with Crippen molar-refractivity contribution < 1.29 is 79.0 Å². The Balaban J connectivity index is 0.000000584. The Bertz CT molecular complexity index is 4320. The third-order valence-electron chi connectivity index (χ3n) is 13.7. The standard InChI is InChI=1S/C8H6ClF3.C8H9Cl.C8H5F2N.C8H6FN.C8H9F.C7H5ClF2.C7H6ClF.C7H5F3.2C7H6F2.C7H7F/c1-5-2-3-6(9)4-7(5)8(10,11)12;1-6-3-4-7(2)8(9)5-6;1-5-7(9)3-6(11-2)4-8(5)10;1-6-3-4-7(10-2)5-8(6)9;1-6-3-4-7(2)8(9)5-6;1-4-6(9)2-5(8)3-7(4)10;1-5-2-3-6(9)4-7(5)8;1-4-2-6(9)7(10)3-5(4)8;1-5-4-6(8)2-3-7(5)9;1-5-2-3-6(8)4-7(5)9;1-6-2-4-7(8)5-3-6/h2-4H,1H3;3-5H,1-2H3;3-4H,1H3;3-5H,1H3;3-5H,1-2H3;2-3H,1H3;2-4H,1H3;2-3H,1H3;2*2-4H,1H3;2-5H,1H3. The molecule has 0 saturated heterocycles. The van der Waals surface area contributed by atoms with Gasteiger partial charge in [0.2, 0.25) is 0 Å². The van der Waals surface area contributed by atoms with E-state index in [0.29, 0.717) is 39.0 Å². The van der Waals surface area contributed by atoms with Crippen LogP contribution in [0.2, 0.25) is 20.1 Å². The van der Waals surface area contributed by atoms with Gasteiger partial charge in [-0.3, -0.25) is 0 Å². The fourth-order valence-corrected chi connectivity index (χ4v) is 7.92. The second-order valence-corrected chi connectivity index (χ2v) is 24.3. The SMILES string of the molecule is Cc1c(F)cc(Cl)cc1F.Cc1cc(F)c(F)cc1F.Cc1cc(F)ccc1F.Cc1ccc(C)c(Cl)c1.Cc1ccc(C)c(F)c1.Cc1ccc(Cl)cc1C(F)(F)F.Cc1ccc(F)cc1.Cc1ccc(F)cc1Cl.Cc1ccc(F)cc1F.[C-]#[N+]c1cc(F)c(C)c(F)c1.[C-]#[N+]c1ccc(C)c(F)c1. The van der Waals surface area contributed by atoms with Crippen LogP contribution in [0.25, 0.3) is 9.69 Å². The minimum absolute atomic E-state index is 0.00407. The Kier molecular flexibility index (Phi) is 41.8. The lowest BCUT2D eigenvalue weighted by Crippen LogP contribution is -2.06. The third-order valence-corrected chi connectivity index (χ3v) is 15.0. The Morgan fingerprint density at radius 2 is 0.594 bits per heavy atom. The molecule has 0 aromatic heterocycles. The van der Waals surface area contributed by atoms with E-state index in [-0.39, 0.29) is 67.1 Å². The number of benzene rings is 11. The molecule has 11 aromatic carbocycles. The summed E-state index contributed by atoms with van der Waals surface area (Å²) in [7, 11) is 0. The molecule has 11 rings (SSSR count). The smallest absolute Gasteiger partial charge is 0.238 e. The molecule has 562 valence electrons. The average Bonchev–Trinajstić information content (AvgIpc) is 0.832. The molecule has 24 heteroatoms. The van der Waals surface area contributed by atoms with Crippen molar-refractivity contribution in [3.63, 3.8) is 0 Å². The summed E-state index contributed by atoms with van der Waals surface area (Å²) in [6.07, 6.45) is -4.31. The third kappa shape index (κ3) is 36.8. The molecular formula is C82H70Cl4F18N2. The Labute approximate surface area is 625 Å². The molecule has 106 heavy (non-hydrogen) atoms. The molecule has 0 heterocycles. The van der Waals surface area contributed by atoms with Gasteiger partial charge in [0, 0.05) is 43.4 Å². The van der Waals surface area contributed by atoms with Crippen molar-refractivity contribution in [3.05, 3.63) is 396 Å². The van der Waals surface area contributed by atoms with E-state index in [1.807, 2.05) is 52.8 Å². The highest BCUT2D eigenvalue weighted by atomic mass is 35.5. The molecule has 0 aliphatic heterocycles. The number of halogens is 22. The molecule has 0 amide bonds. The number of alkyl halides is 3. The first-order chi connectivity index (χ1) is 49.3. The van der Waals surface area contributed by atoms with E-state index in [1.54, 1.807) is 57.2 Å². The van der Waals surface area contributed by atoms with Crippen LogP contribution in [0.15, 0.2) is 188 Å². The quantitative estimate of drug-likeness (QED) is 0.0813. The summed E-state index contributed by atoms with van der Waals surface area (Å²) in [4.78, 5) is 5.99. The van der Waals surface area contributed by atoms with Gasteiger partial charge in [-0.1, -0.05) is 119 Å². The van der Waals surface area contributed by atoms with Crippen molar-refractivity contribution in [2.45, 2.75) is 96.2 Å². The number of hydrogen-bond acceptors (Lipinski definition) is 0.